The van der Waals surface area contributed by atoms with Crippen molar-refractivity contribution >= 4 is 22.6 Å². The first-order valence-corrected chi connectivity index (χ1v) is 12.2. The molecule has 1 saturated heterocycles. The summed E-state index contributed by atoms with van der Waals surface area (Å²) in [6.07, 6.45) is 6.05. The lowest BCUT2D eigenvalue weighted by Crippen LogP contribution is -2.43. The van der Waals surface area contributed by atoms with Crippen LogP contribution in [0.5, 0.6) is 0 Å². The summed E-state index contributed by atoms with van der Waals surface area (Å²) in [5.74, 6) is 1.02. The molecule has 1 amide bonds. The van der Waals surface area contributed by atoms with Gasteiger partial charge in [0.15, 0.2) is 0 Å². The number of nitrogens with two attached hydrogens (primary N) is 1. The Balaban J connectivity index is 1.32. The molecule has 0 saturated carbocycles. The van der Waals surface area contributed by atoms with Gasteiger partial charge in [-0.25, -0.2) is 9.97 Å². The van der Waals surface area contributed by atoms with Gasteiger partial charge in [-0.3, -0.25) is 9.89 Å². The van der Waals surface area contributed by atoms with Gasteiger partial charge in [-0.05, 0) is 73.2 Å². The molecule has 2 aromatic carbocycles. The number of anilines is 1. The van der Waals surface area contributed by atoms with E-state index >= 15 is 0 Å². The molecule has 2 aliphatic heterocycles. The van der Waals surface area contributed by atoms with Gasteiger partial charge in [0.1, 0.15) is 12.1 Å². The summed E-state index contributed by atoms with van der Waals surface area (Å²) >= 11 is 0. The Morgan fingerprint density at radius 1 is 1.06 bits per heavy atom. The lowest BCUT2D eigenvalue weighted by atomic mass is 9.96. The molecule has 0 spiro atoms. The normalized spacial score (nSPS) is 16.5. The maximum Gasteiger partial charge on any atom is 0.253 e. The van der Waals surface area contributed by atoms with E-state index in [0.717, 1.165) is 78.0 Å². The van der Waals surface area contributed by atoms with Crippen molar-refractivity contribution in [1.82, 2.24) is 25.1 Å². The third kappa shape index (κ3) is 4.04. The van der Waals surface area contributed by atoms with E-state index < -0.39 is 0 Å². The molecule has 4 heterocycles. The van der Waals surface area contributed by atoms with Crippen molar-refractivity contribution in [1.29, 1.82) is 0 Å². The maximum absolute atomic E-state index is 13.1. The highest BCUT2D eigenvalue weighted by molar-refractivity contribution is 5.96. The molecule has 3 N–H and O–H groups in total. The van der Waals surface area contributed by atoms with Gasteiger partial charge in [0.25, 0.3) is 5.91 Å². The Morgan fingerprint density at radius 3 is 2.71 bits per heavy atom. The fraction of sp³-hybridized carbons (Fsp3) is 0.333. The third-order valence-electron chi connectivity index (χ3n) is 7.31. The molecule has 2 aromatic heterocycles. The zero-order valence-corrected chi connectivity index (χ0v) is 19.9. The molecule has 0 radical (unpaired) electrons. The average Bonchev–Trinajstić information content (AvgIpc) is 3.43. The molecule has 1 fully saturated rings. The van der Waals surface area contributed by atoms with E-state index in [-0.39, 0.29) is 11.9 Å². The van der Waals surface area contributed by atoms with Crippen LogP contribution in [0, 0.1) is 6.92 Å². The van der Waals surface area contributed by atoms with E-state index in [2.05, 4.69) is 51.3 Å². The number of rotatable bonds is 3. The fourth-order valence-corrected chi connectivity index (χ4v) is 5.31. The first-order valence-electron chi connectivity index (χ1n) is 12.2. The lowest BCUT2D eigenvalue weighted by Gasteiger charge is -2.32. The number of carbonyl (C=O) groups is 1. The molecule has 6 rings (SSSR count). The summed E-state index contributed by atoms with van der Waals surface area (Å²) in [6.45, 7) is 5.11. The quantitative estimate of drug-likeness (QED) is 0.478. The van der Waals surface area contributed by atoms with Crippen LogP contribution in [0.25, 0.3) is 22.2 Å². The van der Waals surface area contributed by atoms with E-state index in [1.807, 2.05) is 17.0 Å². The predicted octanol–water partition coefficient (Wildman–Crippen LogP) is 3.45. The van der Waals surface area contributed by atoms with Crippen LogP contribution in [0.2, 0.25) is 0 Å². The van der Waals surface area contributed by atoms with Gasteiger partial charge in [0.05, 0.1) is 11.2 Å². The number of fused-ring (bicyclic) bond motifs is 2. The zero-order valence-electron chi connectivity index (χ0n) is 19.9. The Bertz CT molecular complexity index is 1390. The Morgan fingerprint density at radius 2 is 1.91 bits per heavy atom. The largest absolute Gasteiger partial charge is 0.351 e. The van der Waals surface area contributed by atoms with E-state index in [1.54, 1.807) is 12.5 Å². The van der Waals surface area contributed by atoms with Crippen molar-refractivity contribution in [3.63, 3.8) is 0 Å². The molecule has 8 nitrogen and oxygen atoms in total. The number of H-pyrrole nitrogens is 1. The van der Waals surface area contributed by atoms with Crippen LogP contribution in [0.15, 0.2) is 48.9 Å². The molecule has 35 heavy (non-hydrogen) atoms. The number of nitrogens with zero attached hydrogens (tertiary/aromatic N) is 5. The molecule has 0 atom stereocenters. The molecule has 0 unspecified atom stereocenters. The highest BCUT2D eigenvalue weighted by Gasteiger charge is 2.25. The second kappa shape index (κ2) is 8.78. The fourth-order valence-electron chi connectivity index (χ4n) is 5.31. The first kappa shape index (κ1) is 21.7. The van der Waals surface area contributed by atoms with Crippen molar-refractivity contribution in [2.45, 2.75) is 38.8 Å². The van der Waals surface area contributed by atoms with Gasteiger partial charge in [0, 0.05) is 54.9 Å². The number of hydrogen-bond acceptors (Lipinski definition) is 6. The Labute approximate surface area is 204 Å². The Kier molecular flexibility index (Phi) is 5.45. The number of benzene rings is 2. The monoisotopic (exact) mass is 467 g/mol. The van der Waals surface area contributed by atoms with Crippen molar-refractivity contribution in [2.75, 3.05) is 24.5 Å². The maximum atomic E-state index is 13.1. The molecule has 2 aliphatic rings. The molecule has 4 aromatic rings. The van der Waals surface area contributed by atoms with Gasteiger partial charge in [-0.2, -0.15) is 5.10 Å². The number of likely N-dealkylation sites (tertiary alicyclic amines) is 1. The standard InChI is InChI=1S/C27H29N7O/c1-17-12-20(24-4-8-31-32-24)14-23-25(17)29-16-30-26(23)34-9-5-18-2-3-19(13-21(18)15-34)27(35)33-10-6-22(28)7-11-33/h2-4,8,12-14,16,22H,5-7,9-11,15,28H2,1H3,(H,31,32). The van der Waals surface area contributed by atoms with Crippen molar-refractivity contribution < 1.29 is 4.79 Å². The van der Waals surface area contributed by atoms with Crippen molar-refractivity contribution in [2.24, 2.45) is 5.73 Å². The van der Waals surface area contributed by atoms with Crippen LogP contribution in [-0.4, -0.2) is 56.6 Å². The zero-order chi connectivity index (χ0) is 23.9. The smallest absolute Gasteiger partial charge is 0.253 e. The number of nitrogens with one attached hydrogen (secondary N) is 1. The second-order valence-electron chi connectivity index (χ2n) is 9.64. The Hall–Kier alpha value is -3.78. The number of aryl methyl sites for hydroxylation is 1. The summed E-state index contributed by atoms with van der Waals surface area (Å²) < 4.78 is 0. The number of carbonyl (C=O) groups excluding carboxylic acids is 1. The SMILES string of the molecule is Cc1cc(-c2ccn[nH]2)cc2c(N3CCc4ccc(C(=O)N5CCC(N)CC5)cc4C3)ncnc12. The van der Waals surface area contributed by atoms with Crippen LogP contribution in [0.3, 0.4) is 0 Å². The minimum Gasteiger partial charge on any atom is -0.351 e. The van der Waals surface area contributed by atoms with Gasteiger partial charge < -0.3 is 15.5 Å². The van der Waals surface area contributed by atoms with Crippen LogP contribution in [0.1, 0.15) is 39.9 Å². The summed E-state index contributed by atoms with van der Waals surface area (Å²) in [5, 5.41) is 8.18. The van der Waals surface area contributed by atoms with Gasteiger partial charge in [0.2, 0.25) is 0 Å². The molecule has 178 valence electrons. The van der Waals surface area contributed by atoms with E-state index in [4.69, 9.17) is 10.7 Å². The highest BCUT2D eigenvalue weighted by Crippen LogP contribution is 2.33. The lowest BCUT2D eigenvalue weighted by molar-refractivity contribution is 0.0714. The summed E-state index contributed by atoms with van der Waals surface area (Å²) in [4.78, 5) is 26.7. The molecule has 8 heteroatoms. The van der Waals surface area contributed by atoms with Crippen molar-refractivity contribution in [3.05, 3.63) is 71.2 Å². The summed E-state index contributed by atoms with van der Waals surface area (Å²) in [5.41, 5.74) is 13.3. The van der Waals surface area contributed by atoms with Crippen LogP contribution in [0.4, 0.5) is 5.82 Å². The molecule has 0 aliphatic carbocycles. The van der Waals surface area contributed by atoms with Gasteiger partial charge in [-0.15, -0.1) is 0 Å². The summed E-state index contributed by atoms with van der Waals surface area (Å²) in [6, 6.07) is 12.6. The average molecular weight is 468 g/mol. The number of piperidine rings is 1. The third-order valence-corrected chi connectivity index (χ3v) is 7.31. The van der Waals surface area contributed by atoms with Crippen LogP contribution in [-0.2, 0) is 13.0 Å². The van der Waals surface area contributed by atoms with Crippen LogP contribution < -0.4 is 10.6 Å². The predicted molar refractivity (Wildman–Crippen MR) is 136 cm³/mol. The van der Waals surface area contributed by atoms with Crippen LogP contribution >= 0.6 is 0 Å². The van der Waals surface area contributed by atoms with Crippen molar-refractivity contribution in [3.8, 4) is 11.3 Å². The first-order chi connectivity index (χ1) is 17.1. The number of hydrogen-bond donors (Lipinski definition) is 2. The van der Waals surface area contributed by atoms with Gasteiger partial charge in [-0.1, -0.05) is 6.07 Å². The van der Waals surface area contributed by atoms with E-state index in [1.165, 1.54) is 11.1 Å². The van der Waals surface area contributed by atoms with Gasteiger partial charge >= 0.3 is 0 Å². The minimum atomic E-state index is 0.101. The number of aromatic amines is 1. The topological polar surface area (TPSA) is 104 Å². The number of amides is 1. The minimum absolute atomic E-state index is 0.101. The molecule has 0 bridgehead atoms. The second-order valence-corrected chi connectivity index (χ2v) is 9.64. The molecular formula is C27H29N7O. The molecular weight excluding hydrogens is 438 g/mol. The number of aromatic nitrogens is 4. The highest BCUT2D eigenvalue weighted by atomic mass is 16.2. The van der Waals surface area contributed by atoms with E-state index in [9.17, 15) is 4.79 Å². The van der Waals surface area contributed by atoms with E-state index in [0.29, 0.717) is 6.54 Å². The summed E-state index contributed by atoms with van der Waals surface area (Å²) in [7, 11) is 0.